The molecule has 1 unspecified atom stereocenters. The predicted octanol–water partition coefficient (Wildman–Crippen LogP) is -0.0666. The van der Waals surface area contributed by atoms with Gasteiger partial charge in [-0.05, 0) is 7.05 Å². The highest BCUT2D eigenvalue weighted by molar-refractivity contribution is 5.99. The summed E-state index contributed by atoms with van der Waals surface area (Å²) in [6.45, 7) is 2.16. The third-order valence-electron chi connectivity index (χ3n) is 2.55. The lowest BCUT2D eigenvalue weighted by atomic mass is 10.1. The molecule has 0 radical (unpaired) electrons. The Morgan fingerprint density at radius 3 is 3.00 bits per heavy atom. The van der Waals surface area contributed by atoms with Gasteiger partial charge in [0, 0.05) is 26.3 Å². The molecule has 0 spiro atoms. The fraction of sp³-hybridized carbons (Fsp3) is 0.600. The van der Waals surface area contributed by atoms with Gasteiger partial charge in [-0.2, -0.15) is 5.10 Å². The Balaban J connectivity index is 2.07. The number of carbonyl (C=O) groups is 1. The zero-order valence-corrected chi connectivity index (χ0v) is 9.01. The third-order valence-corrected chi connectivity index (χ3v) is 2.55. The van der Waals surface area contributed by atoms with Crippen LogP contribution in [0, 0.1) is 0 Å². The number of likely N-dealkylation sites (N-methyl/N-ethyl adjacent to an activating group) is 1. The van der Waals surface area contributed by atoms with Gasteiger partial charge < -0.3 is 9.64 Å². The molecule has 0 aromatic carbocycles. The molecule has 1 aromatic rings. The van der Waals surface area contributed by atoms with E-state index in [9.17, 15) is 4.79 Å². The molecule has 1 atom stereocenters. The van der Waals surface area contributed by atoms with Crippen molar-refractivity contribution in [1.82, 2.24) is 14.7 Å². The summed E-state index contributed by atoms with van der Waals surface area (Å²) < 4.78 is 7.07. The molecule has 82 valence electrons. The number of aryl methyl sites for hydroxylation is 1. The van der Waals surface area contributed by atoms with Crippen LogP contribution in [-0.4, -0.2) is 53.3 Å². The summed E-state index contributed by atoms with van der Waals surface area (Å²) in [4.78, 5) is 14.1. The maximum atomic E-state index is 12.0. The second kappa shape index (κ2) is 4.12. The van der Waals surface area contributed by atoms with E-state index in [2.05, 4.69) is 10.00 Å². The average molecular weight is 209 g/mol. The van der Waals surface area contributed by atoms with E-state index in [4.69, 9.17) is 4.74 Å². The van der Waals surface area contributed by atoms with Gasteiger partial charge in [0.15, 0.2) is 5.78 Å². The third kappa shape index (κ3) is 2.24. The molecule has 2 heterocycles. The van der Waals surface area contributed by atoms with Crippen molar-refractivity contribution in [2.24, 2.45) is 7.05 Å². The number of hydrogen-bond donors (Lipinski definition) is 0. The summed E-state index contributed by atoms with van der Waals surface area (Å²) in [7, 11) is 3.79. The molecule has 1 aliphatic rings. The maximum Gasteiger partial charge on any atom is 0.196 e. The number of carbonyl (C=O) groups excluding carboxylic acids is 1. The Morgan fingerprint density at radius 1 is 1.60 bits per heavy atom. The summed E-state index contributed by atoms with van der Waals surface area (Å²) >= 11 is 0. The highest BCUT2D eigenvalue weighted by atomic mass is 16.5. The second-order valence-electron chi connectivity index (χ2n) is 3.89. The topological polar surface area (TPSA) is 47.4 Å². The molecule has 0 N–H and O–H groups in total. The molecule has 1 aliphatic heterocycles. The van der Waals surface area contributed by atoms with Gasteiger partial charge in [-0.25, -0.2) is 0 Å². The number of ketones is 1. The summed E-state index contributed by atoms with van der Waals surface area (Å²) in [6.07, 6.45) is 2.97. The molecule has 5 nitrogen and oxygen atoms in total. The van der Waals surface area contributed by atoms with Gasteiger partial charge in [-0.15, -0.1) is 0 Å². The minimum absolute atomic E-state index is 0.0228. The minimum atomic E-state index is -0.340. The van der Waals surface area contributed by atoms with Crippen molar-refractivity contribution in [1.29, 1.82) is 0 Å². The highest BCUT2D eigenvalue weighted by Gasteiger charge is 2.26. The monoisotopic (exact) mass is 209 g/mol. The van der Waals surface area contributed by atoms with Crippen LogP contribution in [0.15, 0.2) is 12.4 Å². The van der Waals surface area contributed by atoms with Crippen LogP contribution in [0.25, 0.3) is 0 Å². The number of rotatable bonds is 2. The number of nitrogens with zero attached hydrogens (tertiary/aromatic N) is 3. The molecule has 1 aromatic heterocycles. The van der Waals surface area contributed by atoms with Crippen LogP contribution in [0.3, 0.4) is 0 Å². The highest BCUT2D eigenvalue weighted by Crippen LogP contribution is 2.10. The van der Waals surface area contributed by atoms with E-state index in [1.54, 1.807) is 24.1 Å². The van der Waals surface area contributed by atoms with Crippen LogP contribution < -0.4 is 0 Å². The first-order valence-electron chi connectivity index (χ1n) is 5.00. The number of aromatic nitrogens is 2. The average Bonchev–Trinajstić information content (AvgIpc) is 2.64. The van der Waals surface area contributed by atoms with Gasteiger partial charge >= 0.3 is 0 Å². The van der Waals surface area contributed by atoms with E-state index < -0.39 is 0 Å². The molecule has 0 bridgehead atoms. The second-order valence-corrected chi connectivity index (χ2v) is 3.89. The molecule has 5 heteroatoms. The maximum absolute atomic E-state index is 12.0. The van der Waals surface area contributed by atoms with Gasteiger partial charge in [0.2, 0.25) is 0 Å². The number of hydrogen-bond acceptors (Lipinski definition) is 4. The zero-order chi connectivity index (χ0) is 10.8. The smallest absolute Gasteiger partial charge is 0.196 e. The Kier molecular flexibility index (Phi) is 2.83. The number of morpholine rings is 1. The van der Waals surface area contributed by atoms with Gasteiger partial charge in [0.25, 0.3) is 0 Å². The van der Waals surface area contributed by atoms with Crippen molar-refractivity contribution < 1.29 is 9.53 Å². The first-order chi connectivity index (χ1) is 7.16. The summed E-state index contributed by atoms with van der Waals surface area (Å²) in [6, 6.07) is 0. The van der Waals surface area contributed by atoms with Crippen molar-refractivity contribution in [3.63, 3.8) is 0 Å². The fourth-order valence-electron chi connectivity index (χ4n) is 1.67. The van der Waals surface area contributed by atoms with Crippen LogP contribution in [0.5, 0.6) is 0 Å². The van der Waals surface area contributed by atoms with Crippen LogP contribution in [0.1, 0.15) is 10.4 Å². The number of Topliss-reactive ketones (excluding diaryl/α,β-unsaturated/α-hetero) is 1. The normalized spacial score (nSPS) is 22.9. The van der Waals surface area contributed by atoms with Crippen LogP contribution in [-0.2, 0) is 11.8 Å². The van der Waals surface area contributed by atoms with E-state index in [-0.39, 0.29) is 11.9 Å². The fourth-order valence-corrected chi connectivity index (χ4v) is 1.67. The lowest BCUT2D eigenvalue weighted by molar-refractivity contribution is -0.00862. The lowest BCUT2D eigenvalue weighted by Gasteiger charge is -2.28. The van der Waals surface area contributed by atoms with Gasteiger partial charge in [-0.3, -0.25) is 9.48 Å². The van der Waals surface area contributed by atoms with Crippen molar-refractivity contribution in [2.45, 2.75) is 6.10 Å². The van der Waals surface area contributed by atoms with E-state index in [1.807, 2.05) is 7.05 Å². The van der Waals surface area contributed by atoms with E-state index in [1.165, 1.54) is 0 Å². The van der Waals surface area contributed by atoms with Gasteiger partial charge in [-0.1, -0.05) is 0 Å². The van der Waals surface area contributed by atoms with Crippen molar-refractivity contribution in [3.05, 3.63) is 18.0 Å². The molecule has 0 amide bonds. The Hall–Kier alpha value is -1.20. The Morgan fingerprint density at radius 2 is 2.40 bits per heavy atom. The van der Waals surface area contributed by atoms with Crippen LogP contribution in [0.2, 0.25) is 0 Å². The molecular formula is C10H15N3O2. The predicted molar refractivity (Wildman–Crippen MR) is 54.8 cm³/mol. The largest absolute Gasteiger partial charge is 0.367 e. The lowest BCUT2D eigenvalue weighted by Crippen LogP contribution is -2.44. The Labute approximate surface area is 88.6 Å². The summed E-state index contributed by atoms with van der Waals surface area (Å²) in [5, 5.41) is 3.98. The molecule has 2 rings (SSSR count). The summed E-state index contributed by atoms with van der Waals surface area (Å²) in [5.41, 5.74) is 0.623. The van der Waals surface area contributed by atoms with E-state index in [0.29, 0.717) is 18.7 Å². The SMILES string of the molecule is CN1CCOC(C(=O)c2cnn(C)c2)C1. The van der Waals surface area contributed by atoms with Crippen LogP contribution >= 0.6 is 0 Å². The van der Waals surface area contributed by atoms with Gasteiger partial charge in [0.1, 0.15) is 6.10 Å². The van der Waals surface area contributed by atoms with E-state index in [0.717, 1.165) is 6.54 Å². The van der Waals surface area contributed by atoms with Gasteiger partial charge in [0.05, 0.1) is 18.4 Å². The molecule has 0 aliphatic carbocycles. The molecule has 15 heavy (non-hydrogen) atoms. The standard InChI is InChI=1S/C10H15N3O2/c1-12-3-4-15-9(7-12)10(14)8-5-11-13(2)6-8/h5-6,9H,3-4,7H2,1-2H3. The Bertz CT molecular complexity index is 361. The number of ether oxygens (including phenoxy) is 1. The first kappa shape index (κ1) is 10.3. The minimum Gasteiger partial charge on any atom is -0.367 e. The van der Waals surface area contributed by atoms with Crippen LogP contribution in [0.4, 0.5) is 0 Å². The molecular weight excluding hydrogens is 194 g/mol. The quantitative estimate of drug-likeness (QED) is 0.640. The van der Waals surface area contributed by atoms with E-state index >= 15 is 0 Å². The molecule has 1 fully saturated rings. The molecule has 0 saturated carbocycles. The van der Waals surface area contributed by atoms with Crippen molar-refractivity contribution in [2.75, 3.05) is 26.7 Å². The van der Waals surface area contributed by atoms with Crippen molar-refractivity contribution >= 4 is 5.78 Å². The summed E-state index contributed by atoms with van der Waals surface area (Å²) in [5.74, 6) is 0.0228. The zero-order valence-electron chi connectivity index (χ0n) is 9.01. The molecule has 1 saturated heterocycles. The van der Waals surface area contributed by atoms with Crippen molar-refractivity contribution in [3.8, 4) is 0 Å². The first-order valence-corrected chi connectivity index (χ1v) is 5.00.